The number of hydrogen-bond acceptors (Lipinski definition) is 8. The highest BCUT2D eigenvalue weighted by atomic mass is 16.5. The Hall–Kier alpha value is -5.00. The second kappa shape index (κ2) is 9.81. The molecule has 5 rings (SSSR count). The van der Waals surface area contributed by atoms with E-state index >= 15 is 0 Å². The molecule has 2 amide bonds. The first-order valence-electron chi connectivity index (χ1n) is 11.8. The fourth-order valence-electron chi connectivity index (χ4n) is 4.67. The Bertz CT molecular complexity index is 1530. The monoisotopic (exact) mass is 516 g/mol. The van der Waals surface area contributed by atoms with Crippen LogP contribution in [0.5, 0.6) is 11.6 Å². The third-order valence-corrected chi connectivity index (χ3v) is 6.50. The van der Waals surface area contributed by atoms with Gasteiger partial charge in [-0.05, 0) is 19.1 Å². The molecule has 12 heteroatoms. The zero-order valence-corrected chi connectivity index (χ0v) is 20.6. The lowest BCUT2D eigenvalue weighted by atomic mass is 10.0. The number of nitrogens with one attached hydrogen (secondary N) is 1. The van der Waals surface area contributed by atoms with Crippen LogP contribution >= 0.6 is 0 Å². The van der Waals surface area contributed by atoms with Gasteiger partial charge in [0.1, 0.15) is 11.4 Å². The topological polar surface area (TPSA) is 156 Å². The highest BCUT2D eigenvalue weighted by molar-refractivity contribution is 6.45. The molecule has 1 atom stereocenters. The van der Waals surface area contributed by atoms with Crippen LogP contribution in [0.3, 0.4) is 0 Å². The van der Waals surface area contributed by atoms with E-state index in [1.807, 2.05) is 6.07 Å². The van der Waals surface area contributed by atoms with Gasteiger partial charge < -0.3 is 29.8 Å². The molecule has 1 aliphatic heterocycles. The molecule has 38 heavy (non-hydrogen) atoms. The highest BCUT2D eigenvalue weighted by Crippen LogP contribution is 2.34. The third kappa shape index (κ3) is 4.36. The fourth-order valence-corrected chi connectivity index (χ4v) is 4.67. The zero-order chi connectivity index (χ0) is 27.0. The molecule has 3 aromatic heterocycles. The van der Waals surface area contributed by atoms with Gasteiger partial charge in [-0.1, -0.05) is 18.2 Å². The van der Waals surface area contributed by atoms with Crippen LogP contribution in [0, 0.1) is 5.21 Å². The average molecular weight is 517 g/mol. The van der Waals surface area contributed by atoms with Crippen molar-refractivity contribution >= 4 is 28.5 Å². The Morgan fingerprint density at radius 3 is 2.63 bits per heavy atom. The molecule has 0 unspecified atom stereocenters. The van der Waals surface area contributed by atoms with Crippen molar-refractivity contribution in [2.75, 3.05) is 26.7 Å². The van der Waals surface area contributed by atoms with Gasteiger partial charge in [0, 0.05) is 37.4 Å². The summed E-state index contributed by atoms with van der Waals surface area (Å²) in [5, 5.41) is 21.9. The van der Waals surface area contributed by atoms with Crippen molar-refractivity contribution in [2.24, 2.45) is 0 Å². The predicted molar refractivity (Wildman–Crippen MR) is 134 cm³/mol. The van der Waals surface area contributed by atoms with Crippen molar-refractivity contribution < 1.29 is 29.0 Å². The molecule has 1 saturated heterocycles. The van der Waals surface area contributed by atoms with E-state index in [9.17, 15) is 24.7 Å². The number of nitrogens with zero attached hydrogens (tertiary/aromatic N) is 5. The Kier molecular flexibility index (Phi) is 6.37. The van der Waals surface area contributed by atoms with Crippen molar-refractivity contribution in [1.82, 2.24) is 24.8 Å². The molecule has 0 spiro atoms. The van der Waals surface area contributed by atoms with Crippen molar-refractivity contribution in [3.63, 3.8) is 0 Å². The molecule has 0 aliphatic carbocycles. The molecule has 12 nitrogen and oxygen atoms in total. The summed E-state index contributed by atoms with van der Waals surface area (Å²) in [6, 6.07) is 8.51. The first-order chi connectivity index (χ1) is 18.3. The van der Waals surface area contributed by atoms with E-state index in [1.54, 1.807) is 36.1 Å². The summed E-state index contributed by atoms with van der Waals surface area (Å²) < 4.78 is 5.79. The summed E-state index contributed by atoms with van der Waals surface area (Å²) in [5.41, 5.74) is 1.19. The van der Waals surface area contributed by atoms with Crippen LogP contribution in [0.4, 0.5) is 0 Å². The number of H-pyrrole nitrogens is 1. The first-order valence-corrected chi connectivity index (χ1v) is 11.8. The van der Waals surface area contributed by atoms with Crippen LogP contribution in [-0.2, 0) is 4.79 Å². The summed E-state index contributed by atoms with van der Waals surface area (Å²) in [6.45, 7) is 2.57. The molecule has 1 fully saturated rings. The first kappa shape index (κ1) is 24.7. The number of rotatable bonds is 5. The maximum atomic E-state index is 13.4. The Morgan fingerprint density at radius 2 is 1.95 bits per heavy atom. The number of carbonyl (C=O) groups is 3. The third-order valence-electron chi connectivity index (χ3n) is 6.50. The number of ether oxygens (including phenoxy) is 1. The van der Waals surface area contributed by atoms with Crippen molar-refractivity contribution in [3.8, 4) is 23.0 Å². The lowest BCUT2D eigenvalue weighted by Gasteiger charge is -2.39. The van der Waals surface area contributed by atoms with Gasteiger partial charge in [-0.25, -0.2) is 9.97 Å². The highest BCUT2D eigenvalue weighted by Gasteiger charge is 2.35. The molecule has 0 saturated carbocycles. The van der Waals surface area contributed by atoms with Gasteiger partial charge in [0.15, 0.2) is 5.69 Å². The SMILES string of the molecule is COc1cnc(-c2c[n+]([O-])cc(O)n2)c2[nH]cc(C(=O)C(=O)N3CCN(C(=O)c4ccccc4)C[C@H]3C)c12. The molecule has 4 heterocycles. The van der Waals surface area contributed by atoms with E-state index < -0.39 is 17.6 Å². The van der Waals surface area contributed by atoms with Crippen molar-refractivity contribution in [1.29, 1.82) is 0 Å². The Morgan fingerprint density at radius 1 is 1.18 bits per heavy atom. The molecular formula is C26H24N6O6. The van der Waals surface area contributed by atoms with Gasteiger partial charge in [-0.15, -0.1) is 0 Å². The number of carbonyl (C=O) groups excluding carboxylic acids is 3. The molecule has 0 bridgehead atoms. The second-order valence-electron chi connectivity index (χ2n) is 8.89. The van der Waals surface area contributed by atoms with Crippen LogP contribution in [0.1, 0.15) is 27.6 Å². The van der Waals surface area contributed by atoms with Gasteiger partial charge in [0.05, 0.1) is 29.8 Å². The number of benzene rings is 1. The summed E-state index contributed by atoms with van der Waals surface area (Å²) in [5.74, 6) is -1.86. The smallest absolute Gasteiger partial charge is 0.295 e. The van der Waals surface area contributed by atoms with Crippen molar-refractivity contribution in [2.45, 2.75) is 13.0 Å². The molecule has 0 radical (unpaired) electrons. The lowest BCUT2D eigenvalue weighted by Crippen LogP contribution is -2.56. The van der Waals surface area contributed by atoms with Gasteiger partial charge in [-0.3, -0.25) is 14.4 Å². The Balaban J connectivity index is 1.42. The number of aromatic nitrogens is 4. The second-order valence-corrected chi connectivity index (χ2v) is 8.89. The number of ketones is 1. The number of piperazine rings is 1. The van der Waals surface area contributed by atoms with Crippen LogP contribution in [0.2, 0.25) is 0 Å². The van der Waals surface area contributed by atoms with Crippen molar-refractivity contribution in [3.05, 3.63) is 71.5 Å². The largest absolute Gasteiger partial charge is 0.618 e. The summed E-state index contributed by atoms with van der Waals surface area (Å²) >= 11 is 0. The number of aromatic amines is 1. The Labute approximate surface area is 216 Å². The van der Waals surface area contributed by atoms with Crippen LogP contribution in [-0.4, -0.2) is 80.2 Å². The van der Waals surface area contributed by atoms with Gasteiger partial charge in [0.25, 0.3) is 23.5 Å². The fraction of sp³-hybridized carbons (Fsp3) is 0.231. The van der Waals surface area contributed by atoms with Gasteiger partial charge in [0.2, 0.25) is 12.4 Å². The minimum Gasteiger partial charge on any atom is -0.618 e. The number of Topliss-reactive ketones (excluding diaryl/α,β-unsaturated/α-hetero) is 1. The summed E-state index contributed by atoms with van der Waals surface area (Å²) in [4.78, 5) is 53.9. The van der Waals surface area contributed by atoms with Crippen LogP contribution in [0.25, 0.3) is 22.3 Å². The summed E-state index contributed by atoms with van der Waals surface area (Å²) in [6.07, 6.45) is 4.75. The maximum Gasteiger partial charge on any atom is 0.295 e. The number of methoxy groups -OCH3 is 1. The van der Waals surface area contributed by atoms with E-state index in [4.69, 9.17) is 4.74 Å². The quantitative estimate of drug-likeness (QED) is 0.175. The van der Waals surface area contributed by atoms with E-state index in [0.717, 1.165) is 12.4 Å². The minimum absolute atomic E-state index is 0.0626. The molecule has 1 aromatic carbocycles. The van der Waals surface area contributed by atoms with E-state index in [1.165, 1.54) is 24.4 Å². The van der Waals surface area contributed by atoms with Gasteiger partial charge in [-0.2, -0.15) is 4.73 Å². The average Bonchev–Trinajstić information content (AvgIpc) is 3.36. The molecule has 194 valence electrons. The number of fused-ring (bicyclic) bond motifs is 1. The zero-order valence-electron chi connectivity index (χ0n) is 20.6. The minimum atomic E-state index is -0.760. The van der Waals surface area contributed by atoms with E-state index in [-0.39, 0.29) is 47.7 Å². The number of pyridine rings is 1. The van der Waals surface area contributed by atoms with Gasteiger partial charge >= 0.3 is 0 Å². The van der Waals surface area contributed by atoms with Crippen LogP contribution < -0.4 is 9.47 Å². The number of aromatic hydroxyl groups is 1. The lowest BCUT2D eigenvalue weighted by molar-refractivity contribution is -0.605. The predicted octanol–water partition coefficient (Wildman–Crippen LogP) is 1.53. The molecule has 2 N–H and O–H groups in total. The number of hydrogen-bond donors (Lipinski definition) is 2. The molecule has 1 aliphatic rings. The van der Waals surface area contributed by atoms with Crippen LogP contribution in [0.15, 0.2) is 55.1 Å². The molecular weight excluding hydrogens is 492 g/mol. The summed E-state index contributed by atoms with van der Waals surface area (Å²) in [7, 11) is 1.41. The van der Waals surface area contributed by atoms with E-state index in [0.29, 0.717) is 27.7 Å². The number of amides is 2. The standard InChI is InChI=1S/C26H24N6O6/c1-15-12-30(25(35)16-6-4-3-5-7-16)8-9-32(15)26(36)24(34)17-10-27-23-21(17)19(38-2)11-28-22(23)18-13-31(37)14-20(33)29-18/h3-7,10-11,13-15,27H,8-9,12H2,1-2H3,(H,29,33)/t15-/m1/s1. The normalized spacial score (nSPS) is 15.5. The molecule has 4 aromatic rings. The maximum absolute atomic E-state index is 13.4. The van der Waals surface area contributed by atoms with E-state index in [2.05, 4.69) is 15.0 Å².